The van der Waals surface area contributed by atoms with E-state index < -0.39 is 0 Å². The Hall–Kier alpha value is -1.30. The molecule has 0 spiro atoms. The number of hydrogen-bond donors (Lipinski definition) is 0. The molecule has 0 aliphatic heterocycles. The fourth-order valence-corrected chi connectivity index (χ4v) is 1.76. The summed E-state index contributed by atoms with van der Waals surface area (Å²) in [6, 6.07) is 8.87. The molecule has 0 nitrogen and oxygen atoms in total. The van der Waals surface area contributed by atoms with Gasteiger partial charge in [0.1, 0.15) is 0 Å². The molecule has 19 heavy (non-hydrogen) atoms. The molecule has 0 aliphatic rings. The minimum atomic E-state index is 0.207. The summed E-state index contributed by atoms with van der Waals surface area (Å²) in [6.07, 6.45) is 7.68. The van der Waals surface area contributed by atoms with Crippen LogP contribution in [0, 0.1) is 6.92 Å². The summed E-state index contributed by atoms with van der Waals surface area (Å²) in [5, 5.41) is 0. The van der Waals surface area contributed by atoms with E-state index in [9.17, 15) is 0 Å². The summed E-state index contributed by atoms with van der Waals surface area (Å²) in [4.78, 5) is 0. The van der Waals surface area contributed by atoms with E-state index in [0.717, 1.165) is 6.42 Å². The van der Waals surface area contributed by atoms with Crippen LogP contribution in [-0.4, -0.2) is 0 Å². The Bertz CT molecular complexity index is 402. The number of rotatable bonds is 4. The molecule has 1 aromatic carbocycles. The van der Waals surface area contributed by atoms with E-state index in [1.165, 1.54) is 16.7 Å². The lowest BCUT2D eigenvalue weighted by atomic mass is 9.81. The van der Waals surface area contributed by atoms with Gasteiger partial charge in [-0.1, -0.05) is 81.3 Å². The van der Waals surface area contributed by atoms with Crippen molar-refractivity contribution in [1.82, 2.24) is 0 Å². The van der Waals surface area contributed by atoms with Crippen LogP contribution in [0.5, 0.6) is 0 Å². The van der Waals surface area contributed by atoms with Gasteiger partial charge in [-0.05, 0) is 38.2 Å². The number of aryl methyl sites for hydroxylation is 1. The predicted octanol–water partition coefficient (Wildman–Crippen LogP) is 6.21. The van der Waals surface area contributed by atoms with Crippen LogP contribution in [0.15, 0.2) is 48.1 Å². The van der Waals surface area contributed by atoms with Gasteiger partial charge in [0, 0.05) is 0 Å². The molecule has 0 aromatic heterocycles. The Kier molecular flexibility index (Phi) is 8.14. The third-order valence-corrected chi connectivity index (χ3v) is 3.30. The Morgan fingerprint density at radius 3 is 2.11 bits per heavy atom. The average molecular weight is 258 g/mol. The van der Waals surface area contributed by atoms with Crippen LogP contribution in [0.1, 0.15) is 59.1 Å². The van der Waals surface area contributed by atoms with E-state index in [0.29, 0.717) is 0 Å². The zero-order valence-electron chi connectivity index (χ0n) is 13.7. The molecule has 0 radical (unpaired) electrons. The van der Waals surface area contributed by atoms with Crippen molar-refractivity contribution in [2.24, 2.45) is 0 Å². The highest BCUT2D eigenvalue weighted by Gasteiger charge is 2.18. The van der Waals surface area contributed by atoms with E-state index in [4.69, 9.17) is 0 Å². The second kappa shape index (κ2) is 8.74. The van der Waals surface area contributed by atoms with Crippen LogP contribution in [0.4, 0.5) is 0 Å². The van der Waals surface area contributed by atoms with Gasteiger partial charge < -0.3 is 0 Å². The van der Waals surface area contributed by atoms with Crippen LogP contribution in [0.3, 0.4) is 0 Å². The quantitative estimate of drug-likeness (QED) is 0.563. The van der Waals surface area contributed by atoms with Crippen LogP contribution in [0.2, 0.25) is 0 Å². The van der Waals surface area contributed by atoms with E-state index >= 15 is 0 Å². The number of hydrogen-bond acceptors (Lipinski definition) is 0. The molecule has 0 atom stereocenters. The van der Waals surface area contributed by atoms with E-state index in [-0.39, 0.29) is 5.41 Å². The maximum atomic E-state index is 2.30. The molecular formula is C19H30. The van der Waals surface area contributed by atoms with Gasteiger partial charge in [0.2, 0.25) is 0 Å². The third kappa shape index (κ3) is 6.42. The van der Waals surface area contributed by atoms with Crippen molar-refractivity contribution in [1.29, 1.82) is 0 Å². The summed E-state index contributed by atoms with van der Waals surface area (Å²) < 4.78 is 0. The molecule has 0 saturated carbocycles. The Morgan fingerprint density at radius 1 is 1.11 bits per heavy atom. The van der Waals surface area contributed by atoms with Crippen LogP contribution in [-0.2, 0) is 5.41 Å². The van der Waals surface area contributed by atoms with Gasteiger partial charge in [0.15, 0.2) is 0 Å². The lowest BCUT2D eigenvalue weighted by Gasteiger charge is -2.23. The minimum absolute atomic E-state index is 0.207. The normalized spacial score (nSPS) is 12.3. The summed E-state index contributed by atoms with van der Waals surface area (Å²) in [5.74, 6) is 0. The van der Waals surface area contributed by atoms with Gasteiger partial charge in [-0.3, -0.25) is 0 Å². The first-order valence-electron chi connectivity index (χ1n) is 7.32. The first-order chi connectivity index (χ1) is 8.95. The van der Waals surface area contributed by atoms with Crippen molar-refractivity contribution >= 4 is 0 Å². The summed E-state index contributed by atoms with van der Waals surface area (Å²) in [6.45, 7) is 14.9. The van der Waals surface area contributed by atoms with Gasteiger partial charge >= 0.3 is 0 Å². The van der Waals surface area contributed by atoms with E-state index in [2.05, 4.69) is 77.1 Å². The summed E-state index contributed by atoms with van der Waals surface area (Å²) in [7, 11) is 0. The SMILES string of the molecule is C/C=C(C)\C=C/CC(C)(C)c1ccc(C)cc1.CC. The molecule has 0 amide bonds. The fraction of sp³-hybridized carbons (Fsp3) is 0.474. The summed E-state index contributed by atoms with van der Waals surface area (Å²) >= 11 is 0. The molecule has 0 bridgehead atoms. The smallest absolute Gasteiger partial charge is 0.00690 e. The first kappa shape index (κ1) is 17.7. The molecule has 1 aromatic rings. The zero-order valence-corrected chi connectivity index (χ0v) is 13.7. The van der Waals surface area contributed by atoms with Gasteiger partial charge in [0.25, 0.3) is 0 Å². The molecule has 0 saturated heterocycles. The van der Waals surface area contributed by atoms with Crippen molar-refractivity contribution < 1.29 is 0 Å². The highest BCUT2D eigenvalue weighted by Crippen LogP contribution is 2.27. The predicted molar refractivity (Wildman–Crippen MR) is 88.7 cm³/mol. The number of benzene rings is 1. The van der Waals surface area contributed by atoms with Gasteiger partial charge in [0.05, 0.1) is 0 Å². The second-order valence-electron chi connectivity index (χ2n) is 5.39. The first-order valence-corrected chi connectivity index (χ1v) is 7.32. The fourth-order valence-electron chi connectivity index (χ4n) is 1.76. The molecule has 0 aliphatic carbocycles. The molecule has 0 unspecified atom stereocenters. The van der Waals surface area contributed by atoms with E-state index in [1.54, 1.807) is 0 Å². The maximum absolute atomic E-state index is 2.30. The van der Waals surface area contributed by atoms with Crippen LogP contribution in [0.25, 0.3) is 0 Å². The lowest BCUT2D eigenvalue weighted by molar-refractivity contribution is 0.534. The highest BCUT2D eigenvalue weighted by molar-refractivity contribution is 5.28. The van der Waals surface area contributed by atoms with Crippen molar-refractivity contribution in [3.63, 3.8) is 0 Å². The van der Waals surface area contributed by atoms with Crippen LogP contribution < -0.4 is 0 Å². The van der Waals surface area contributed by atoms with Gasteiger partial charge in [-0.25, -0.2) is 0 Å². The van der Waals surface area contributed by atoms with Gasteiger partial charge in [-0.15, -0.1) is 0 Å². The number of allylic oxidation sites excluding steroid dienone is 4. The van der Waals surface area contributed by atoms with Gasteiger partial charge in [-0.2, -0.15) is 0 Å². The van der Waals surface area contributed by atoms with E-state index in [1.807, 2.05) is 13.8 Å². The molecule has 1 rings (SSSR count). The standard InChI is InChI=1S/C17H24.C2H6/c1-6-14(2)8-7-13-17(4,5)16-11-9-15(3)10-12-16;1-2/h6-12H,13H2,1-5H3;1-2H3/b8-7-,14-6-;. The highest BCUT2D eigenvalue weighted by atomic mass is 14.2. The molecule has 0 N–H and O–H groups in total. The molecule has 0 heteroatoms. The molecular weight excluding hydrogens is 228 g/mol. The largest absolute Gasteiger partial charge is 0.0847 e. The molecule has 0 heterocycles. The van der Waals surface area contributed by atoms with Crippen molar-refractivity contribution in [3.05, 3.63) is 59.2 Å². The monoisotopic (exact) mass is 258 g/mol. The summed E-state index contributed by atoms with van der Waals surface area (Å²) in [5.41, 5.74) is 4.26. The van der Waals surface area contributed by atoms with Crippen molar-refractivity contribution in [2.45, 2.75) is 60.3 Å². The third-order valence-electron chi connectivity index (χ3n) is 3.30. The van der Waals surface area contributed by atoms with Crippen molar-refractivity contribution in [2.75, 3.05) is 0 Å². The molecule has 0 fully saturated rings. The Morgan fingerprint density at radius 2 is 1.63 bits per heavy atom. The maximum Gasteiger partial charge on any atom is -0.00690 e. The van der Waals surface area contributed by atoms with Crippen LogP contribution >= 0.6 is 0 Å². The average Bonchev–Trinajstić information content (AvgIpc) is 2.41. The topological polar surface area (TPSA) is 0 Å². The molecule has 106 valence electrons. The Balaban J connectivity index is 0.00000154. The minimum Gasteiger partial charge on any atom is -0.0847 e. The lowest BCUT2D eigenvalue weighted by Crippen LogP contribution is -2.15. The Labute approximate surface area is 120 Å². The van der Waals surface area contributed by atoms with Crippen molar-refractivity contribution in [3.8, 4) is 0 Å². The second-order valence-corrected chi connectivity index (χ2v) is 5.39. The zero-order chi connectivity index (χ0) is 14.9.